The molecule has 1 unspecified atom stereocenters. The highest BCUT2D eigenvalue weighted by Gasteiger charge is 2.34. The van der Waals surface area contributed by atoms with Crippen molar-refractivity contribution in [2.24, 2.45) is 0 Å². The zero-order valence-corrected chi connectivity index (χ0v) is 20.0. The average Bonchev–Trinajstić information content (AvgIpc) is 3.38. The Kier molecular flexibility index (Phi) is 7.41. The van der Waals surface area contributed by atoms with Crippen LogP contribution in [0.3, 0.4) is 0 Å². The van der Waals surface area contributed by atoms with Gasteiger partial charge in [0.15, 0.2) is 17.7 Å². The van der Waals surface area contributed by atoms with E-state index in [1.807, 2.05) is 0 Å². The highest BCUT2D eigenvalue weighted by atomic mass is 32.2. The van der Waals surface area contributed by atoms with Crippen LogP contribution in [0.1, 0.15) is 11.3 Å². The summed E-state index contributed by atoms with van der Waals surface area (Å²) in [6, 6.07) is 5.43. The van der Waals surface area contributed by atoms with Crippen LogP contribution in [0.4, 0.5) is 8.78 Å². The third kappa shape index (κ3) is 5.35. The Bertz CT molecular complexity index is 1200. The minimum atomic E-state index is -1.12. The third-order valence-electron chi connectivity index (χ3n) is 5.26. The first kappa shape index (κ1) is 24.5. The summed E-state index contributed by atoms with van der Waals surface area (Å²) < 4.78 is 32.2. The van der Waals surface area contributed by atoms with Crippen LogP contribution in [0.2, 0.25) is 0 Å². The Hall–Kier alpha value is -2.67. The van der Waals surface area contributed by atoms with E-state index in [0.717, 1.165) is 28.8 Å². The maximum Gasteiger partial charge on any atom is 0.334 e. The van der Waals surface area contributed by atoms with Crippen molar-refractivity contribution in [3.05, 3.63) is 51.1 Å². The fourth-order valence-electron chi connectivity index (χ4n) is 3.47. The quantitative estimate of drug-likeness (QED) is 0.457. The Morgan fingerprint density at radius 2 is 2.03 bits per heavy atom. The van der Waals surface area contributed by atoms with Gasteiger partial charge in [-0.05, 0) is 40.8 Å². The summed E-state index contributed by atoms with van der Waals surface area (Å²) in [6.07, 6.45) is 0.624. The van der Waals surface area contributed by atoms with Crippen LogP contribution in [0, 0.1) is 11.6 Å². The highest BCUT2D eigenvalue weighted by molar-refractivity contribution is 8.26. The molecule has 0 spiro atoms. The van der Waals surface area contributed by atoms with E-state index in [9.17, 15) is 23.2 Å². The number of rotatable bonds is 6. The van der Waals surface area contributed by atoms with Gasteiger partial charge in [0, 0.05) is 24.4 Å². The number of ether oxygens (including phenoxy) is 1. The molecule has 178 valence electrons. The van der Waals surface area contributed by atoms with Gasteiger partial charge in [0.05, 0.1) is 18.1 Å². The number of thiocarbonyl (C=S) groups is 1. The number of halogens is 2. The lowest BCUT2D eigenvalue weighted by Crippen LogP contribution is -2.49. The maximum atomic E-state index is 13.5. The van der Waals surface area contributed by atoms with Crippen LogP contribution in [0.15, 0.2) is 34.6 Å². The first-order chi connectivity index (χ1) is 16.2. The van der Waals surface area contributed by atoms with Crippen molar-refractivity contribution in [3.63, 3.8) is 0 Å². The molecule has 2 saturated heterocycles. The first-order valence-electron chi connectivity index (χ1n) is 10.1. The number of nitrogens with zero attached hydrogens (tertiary/aromatic N) is 2. The number of benzene rings is 1. The number of thioether (sulfide) groups is 1. The number of aliphatic carboxylic acids is 1. The van der Waals surface area contributed by atoms with Crippen molar-refractivity contribution < 1.29 is 33.0 Å². The third-order valence-corrected chi connectivity index (χ3v) is 7.52. The van der Waals surface area contributed by atoms with Crippen LogP contribution >= 0.6 is 35.3 Å². The lowest BCUT2D eigenvalue weighted by Gasteiger charge is -2.31. The predicted octanol–water partition coefficient (Wildman–Crippen LogP) is 3.60. The lowest BCUT2D eigenvalue weighted by atomic mass is 10.1. The minimum Gasteiger partial charge on any atom is -0.479 e. The summed E-state index contributed by atoms with van der Waals surface area (Å²) in [4.78, 5) is 40.4. The van der Waals surface area contributed by atoms with E-state index in [-0.39, 0.29) is 37.9 Å². The molecule has 2 aliphatic rings. The van der Waals surface area contributed by atoms with Gasteiger partial charge in [-0.3, -0.25) is 14.5 Å². The number of amides is 2. The van der Waals surface area contributed by atoms with Gasteiger partial charge in [0.25, 0.3) is 5.91 Å². The zero-order valence-electron chi connectivity index (χ0n) is 17.5. The molecule has 1 atom stereocenters. The van der Waals surface area contributed by atoms with E-state index < -0.39 is 23.7 Å². The summed E-state index contributed by atoms with van der Waals surface area (Å²) in [5.41, 5.74) is 1.22. The molecule has 0 aliphatic carbocycles. The Morgan fingerprint density at radius 3 is 2.76 bits per heavy atom. The van der Waals surface area contributed by atoms with Crippen molar-refractivity contribution in [1.29, 1.82) is 0 Å². The monoisotopic (exact) mass is 524 g/mol. The molecule has 12 heteroatoms. The molecule has 0 radical (unpaired) electrons. The number of hydrogen-bond donors (Lipinski definition) is 1. The van der Waals surface area contributed by atoms with E-state index in [2.05, 4.69) is 0 Å². The van der Waals surface area contributed by atoms with E-state index in [1.165, 1.54) is 27.2 Å². The molecule has 1 N–H and O–H groups in total. The smallest absolute Gasteiger partial charge is 0.334 e. The van der Waals surface area contributed by atoms with Crippen molar-refractivity contribution in [2.45, 2.75) is 12.5 Å². The van der Waals surface area contributed by atoms with Crippen LogP contribution in [-0.2, 0) is 19.1 Å². The molecule has 2 fully saturated rings. The van der Waals surface area contributed by atoms with Gasteiger partial charge in [0.2, 0.25) is 5.91 Å². The van der Waals surface area contributed by atoms with Crippen molar-refractivity contribution in [1.82, 2.24) is 9.80 Å². The minimum absolute atomic E-state index is 0.00530. The van der Waals surface area contributed by atoms with Gasteiger partial charge >= 0.3 is 5.97 Å². The normalized spacial score (nSPS) is 19.8. The fraction of sp³-hybridized carbons (Fsp3) is 0.273. The number of hydrogen-bond acceptors (Lipinski definition) is 7. The molecular formula is C22H18F2N2O5S3. The molecule has 0 saturated carbocycles. The van der Waals surface area contributed by atoms with Gasteiger partial charge in [-0.1, -0.05) is 30.0 Å². The van der Waals surface area contributed by atoms with Crippen LogP contribution in [0.5, 0.6) is 0 Å². The number of morpholine rings is 1. The van der Waals surface area contributed by atoms with Gasteiger partial charge in [-0.25, -0.2) is 13.6 Å². The number of carboxylic acids is 1. The average molecular weight is 525 g/mol. The van der Waals surface area contributed by atoms with Crippen LogP contribution < -0.4 is 0 Å². The summed E-state index contributed by atoms with van der Waals surface area (Å²) in [5.74, 6) is -3.58. The van der Waals surface area contributed by atoms with Gasteiger partial charge in [-0.15, -0.1) is 11.3 Å². The molecule has 1 aromatic heterocycles. The molecule has 4 rings (SSSR count). The SMILES string of the molecule is O=C(O)C1CN(C(=O)CCN2C(=O)/C(=C/c3cc(-c4ccc(F)c(F)c4)cs3)SC2=S)CCO1. The van der Waals surface area contributed by atoms with Gasteiger partial charge in [0.1, 0.15) is 4.32 Å². The summed E-state index contributed by atoms with van der Waals surface area (Å²) in [6.45, 7) is 0.477. The molecule has 2 aliphatic heterocycles. The van der Waals surface area contributed by atoms with Gasteiger partial charge in [-0.2, -0.15) is 0 Å². The van der Waals surface area contributed by atoms with Crippen LogP contribution in [0.25, 0.3) is 17.2 Å². The number of carboxylic acid groups (broad SMARTS) is 1. The Balaban J connectivity index is 1.39. The van der Waals surface area contributed by atoms with E-state index in [0.29, 0.717) is 26.9 Å². The maximum absolute atomic E-state index is 13.5. The van der Waals surface area contributed by atoms with E-state index in [4.69, 9.17) is 22.1 Å². The van der Waals surface area contributed by atoms with Gasteiger partial charge < -0.3 is 14.7 Å². The number of thiophene rings is 1. The van der Waals surface area contributed by atoms with Crippen molar-refractivity contribution in [2.75, 3.05) is 26.2 Å². The molecule has 3 heterocycles. The first-order valence-corrected chi connectivity index (χ1v) is 12.2. The fourth-order valence-corrected chi connectivity index (χ4v) is 5.69. The second kappa shape index (κ2) is 10.3. The van der Waals surface area contributed by atoms with Crippen LogP contribution in [-0.4, -0.2) is 69.4 Å². The summed E-state index contributed by atoms with van der Waals surface area (Å²) in [5, 5.41) is 10.9. The highest BCUT2D eigenvalue weighted by Crippen LogP contribution is 2.35. The topological polar surface area (TPSA) is 87.2 Å². The van der Waals surface area contributed by atoms with Crippen molar-refractivity contribution >= 4 is 63.5 Å². The largest absolute Gasteiger partial charge is 0.479 e. The predicted molar refractivity (Wildman–Crippen MR) is 128 cm³/mol. The molecule has 0 bridgehead atoms. The zero-order chi connectivity index (χ0) is 24.4. The molecule has 2 aromatic rings. The summed E-state index contributed by atoms with van der Waals surface area (Å²) >= 11 is 7.78. The molecule has 1 aromatic carbocycles. The van der Waals surface area contributed by atoms with E-state index >= 15 is 0 Å². The van der Waals surface area contributed by atoms with Crippen molar-refractivity contribution in [3.8, 4) is 11.1 Å². The molecule has 7 nitrogen and oxygen atoms in total. The second-order valence-corrected chi connectivity index (χ2v) is 10.1. The second-order valence-electron chi connectivity index (χ2n) is 7.49. The Labute approximate surface area is 207 Å². The molecular weight excluding hydrogens is 506 g/mol. The summed E-state index contributed by atoms with van der Waals surface area (Å²) in [7, 11) is 0. The Morgan fingerprint density at radius 1 is 1.24 bits per heavy atom. The molecule has 34 heavy (non-hydrogen) atoms. The standard InChI is InChI=1S/C22H18F2N2O5S3/c23-15-2-1-12(8-16(15)24)13-7-14(33-11-13)9-18-20(28)26(22(32)34-18)4-3-19(27)25-5-6-31-17(10-25)21(29)30/h1-2,7-9,11,17H,3-6,10H2,(H,29,30)/b18-9-. The number of carbonyl (C=O) groups is 3. The lowest BCUT2D eigenvalue weighted by molar-refractivity contribution is -0.159. The number of carbonyl (C=O) groups excluding carboxylic acids is 2. The molecule has 2 amide bonds. The van der Waals surface area contributed by atoms with E-state index in [1.54, 1.807) is 17.5 Å².